The Hall–Kier alpha value is -1.66. The molecular formula is C18H23N3O2S. The number of likely N-dealkylation sites (tertiary alicyclic amines) is 2. The highest BCUT2D eigenvalue weighted by Gasteiger charge is 2.39. The molecular weight excluding hydrogens is 322 g/mol. The predicted molar refractivity (Wildman–Crippen MR) is 94.3 cm³/mol. The zero-order chi connectivity index (χ0) is 16.7. The van der Waals surface area contributed by atoms with Crippen molar-refractivity contribution in [2.45, 2.75) is 44.7 Å². The quantitative estimate of drug-likeness (QED) is 0.855. The number of hydrogen-bond acceptors (Lipinski definition) is 5. The molecule has 0 N–H and O–H groups in total. The third-order valence-corrected chi connectivity index (χ3v) is 6.30. The zero-order valence-corrected chi connectivity index (χ0v) is 15.0. The number of likely N-dealkylation sites (N-methyl/N-ethyl adjacent to an activating group) is 1. The summed E-state index contributed by atoms with van der Waals surface area (Å²) in [5.74, 6) is 0.819. The average molecular weight is 345 g/mol. The van der Waals surface area contributed by atoms with Crippen molar-refractivity contribution in [3.8, 4) is 10.8 Å². The van der Waals surface area contributed by atoms with Crippen molar-refractivity contribution in [2.24, 2.45) is 0 Å². The van der Waals surface area contributed by atoms with Crippen molar-refractivity contribution in [3.05, 3.63) is 29.0 Å². The van der Waals surface area contributed by atoms with Crippen molar-refractivity contribution >= 4 is 17.2 Å². The topological polar surface area (TPSA) is 49.6 Å². The van der Waals surface area contributed by atoms with Crippen molar-refractivity contribution in [3.63, 3.8) is 0 Å². The number of hydrogen-bond donors (Lipinski definition) is 0. The van der Waals surface area contributed by atoms with E-state index >= 15 is 0 Å². The van der Waals surface area contributed by atoms with Crippen LogP contribution in [0.4, 0.5) is 0 Å². The van der Waals surface area contributed by atoms with E-state index in [1.54, 1.807) is 6.26 Å². The normalized spacial score (nSPS) is 24.8. The Balaban J connectivity index is 1.59. The summed E-state index contributed by atoms with van der Waals surface area (Å²) in [7, 11) is 2.18. The maximum Gasteiger partial charge on any atom is 0.273 e. The molecule has 5 nitrogen and oxygen atoms in total. The largest absolute Gasteiger partial charge is 0.462 e. The third-order valence-electron chi connectivity index (χ3n) is 5.31. The van der Waals surface area contributed by atoms with Crippen molar-refractivity contribution in [2.75, 3.05) is 20.1 Å². The van der Waals surface area contributed by atoms with Gasteiger partial charge in [-0.1, -0.05) is 0 Å². The minimum Gasteiger partial charge on any atom is -0.462 e. The summed E-state index contributed by atoms with van der Waals surface area (Å²) in [6, 6.07) is 4.57. The average Bonchev–Trinajstić information content (AvgIpc) is 3.33. The lowest BCUT2D eigenvalue weighted by Crippen LogP contribution is -2.47. The van der Waals surface area contributed by atoms with Gasteiger partial charge in [0.2, 0.25) is 0 Å². The Morgan fingerprint density at radius 2 is 2.08 bits per heavy atom. The second-order valence-electron chi connectivity index (χ2n) is 6.80. The van der Waals surface area contributed by atoms with E-state index in [-0.39, 0.29) is 5.91 Å². The van der Waals surface area contributed by atoms with Gasteiger partial charge in [-0.05, 0) is 58.3 Å². The first-order valence-electron chi connectivity index (χ1n) is 8.67. The highest BCUT2D eigenvalue weighted by Crippen LogP contribution is 2.33. The summed E-state index contributed by atoms with van der Waals surface area (Å²) in [4.78, 5) is 23.2. The van der Waals surface area contributed by atoms with E-state index in [4.69, 9.17) is 4.42 Å². The fourth-order valence-electron chi connectivity index (χ4n) is 4.10. The number of aromatic nitrogens is 1. The van der Waals surface area contributed by atoms with Crippen LogP contribution in [-0.4, -0.2) is 52.9 Å². The minimum atomic E-state index is 0.0874. The highest BCUT2D eigenvalue weighted by molar-refractivity contribution is 7.15. The summed E-state index contributed by atoms with van der Waals surface area (Å²) in [6.45, 7) is 3.96. The van der Waals surface area contributed by atoms with Crippen LogP contribution in [0.25, 0.3) is 10.8 Å². The number of nitrogens with zero attached hydrogens (tertiary/aromatic N) is 3. The second-order valence-corrected chi connectivity index (χ2v) is 8.00. The summed E-state index contributed by atoms with van der Waals surface area (Å²) in [5, 5.41) is 0.787. The van der Waals surface area contributed by atoms with E-state index in [2.05, 4.69) is 21.8 Å². The smallest absolute Gasteiger partial charge is 0.273 e. The van der Waals surface area contributed by atoms with Crippen molar-refractivity contribution in [1.29, 1.82) is 0 Å². The van der Waals surface area contributed by atoms with E-state index in [9.17, 15) is 4.79 Å². The number of amides is 1. The summed E-state index contributed by atoms with van der Waals surface area (Å²) < 4.78 is 5.43. The Morgan fingerprint density at radius 3 is 2.79 bits per heavy atom. The first kappa shape index (κ1) is 15.8. The minimum absolute atomic E-state index is 0.0874. The van der Waals surface area contributed by atoms with Crippen LogP contribution in [0.1, 0.15) is 41.0 Å². The third kappa shape index (κ3) is 2.67. The molecule has 2 aliphatic heterocycles. The maximum absolute atomic E-state index is 13.1. The van der Waals surface area contributed by atoms with Gasteiger partial charge in [0, 0.05) is 23.5 Å². The van der Waals surface area contributed by atoms with Gasteiger partial charge in [0.25, 0.3) is 5.91 Å². The highest BCUT2D eigenvalue weighted by atomic mass is 32.1. The first-order chi connectivity index (χ1) is 11.6. The van der Waals surface area contributed by atoms with Gasteiger partial charge in [0.05, 0.1) is 6.26 Å². The van der Waals surface area contributed by atoms with Crippen LogP contribution < -0.4 is 0 Å². The molecule has 24 heavy (non-hydrogen) atoms. The Kier molecular flexibility index (Phi) is 4.18. The molecule has 2 atom stereocenters. The van der Waals surface area contributed by atoms with Gasteiger partial charge in [-0.3, -0.25) is 4.79 Å². The van der Waals surface area contributed by atoms with Gasteiger partial charge in [0.1, 0.15) is 5.69 Å². The van der Waals surface area contributed by atoms with Crippen LogP contribution in [0.15, 0.2) is 22.8 Å². The second kappa shape index (κ2) is 6.33. The predicted octanol–water partition coefficient (Wildman–Crippen LogP) is 3.41. The molecule has 0 aliphatic carbocycles. The van der Waals surface area contributed by atoms with E-state index < -0.39 is 0 Å². The Labute approximate surface area is 146 Å². The zero-order valence-electron chi connectivity index (χ0n) is 14.2. The standard InChI is InChI=1S/C18H23N3O2S/c1-12-16(19-17(24-12)15-8-5-11-23-15)18(22)21-10-4-7-14(21)13-6-3-9-20(13)2/h5,8,11,13-14H,3-4,6-7,9-10H2,1-2H3. The number of rotatable bonds is 3. The van der Waals surface area contributed by atoms with Gasteiger partial charge < -0.3 is 14.2 Å². The molecule has 1 amide bonds. The van der Waals surface area contributed by atoms with Crippen LogP contribution in [-0.2, 0) is 0 Å². The molecule has 4 rings (SSSR count). The molecule has 2 aromatic heterocycles. The van der Waals surface area contributed by atoms with Crippen molar-refractivity contribution < 1.29 is 9.21 Å². The van der Waals surface area contributed by atoms with E-state index in [0.29, 0.717) is 17.8 Å². The number of carbonyl (C=O) groups excluding carboxylic acids is 1. The summed E-state index contributed by atoms with van der Waals surface area (Å²) in [5.41, 5.74) is 0.596. The Bertz CT molecular complexity index is 725. The van der Waals surface area contributed by atoms with Gasteiger partial charge in [-0.25, -0.2) is 4.98 Å². The van der Waals surface area contributed by atoms with Crippen molar-refractivity contribution in [1.82, 2.24) is 14.8 Å². The van der Waals surface area contributed by atoms with Gasteiger partial charge in [-0.2, -0.15) is 0 Å². The summed E-state index contributed by atoms with van der Waals surface area (Å²) in [6.07, 6.45) is 6.26. The number of carbonyl (C=O) groups is 1. The lowest BCUT2D eigenvalue weighted by molar-refractivity contribution is 0.0658. The van der Waals surface area contributed by atoms with E-state index in [0.717, 1.165) is 41.6 Å². The Morgan fingerprint density at radius 1 is 1.29 bits per heavy atom. The molecule has 0 bridgehead atoms. The number of aryl methyl sites for hydroxylation is 1. The lowest BCUT2D eigenvalue weighted by Gasteiger charge is -2.33. The molecule has 0 aromatic carbocycles. The molecule has 2 aromatic rings. The maximum atomic E-state index is 13.1. The fraction of sp³-hybridized carbons (Fsp3) is 0.556. The summed E-state index contributed by atoms with van der Waals surface area (Å²) >= 11 is 1.53. The first-order valence-corrected chi connectivity index (χ1v) is 9.49. The lowest BCUT2D eigenvalue weighted by atomic mass is 10.0. The van der Waals surface area contributed by atoms with E-state index in [1.165, 1.54) is 24.2 Å². The van der Waals surface area contributed by atoms with Crippen LogP contribution >= 0.6 is 11.3 Å². The molecule has 2 aliphatic rings. The number of furan rings is 1. The molecule has 2 fully saturated rings. The molecule has 0 spiro atoms. The van der Waals surface area contributed by atoms with Crippen LogP contribution in [0.2, 0.25) is 0 Å². The van der Waals surface area contributed by atoms with Crippen LogP contribution in [0.3, 0.4) is 0 Å². The molecule has 0 saturated carbocycles. The van der Waals surface area contributed by atoms with Gasteiger partial charge in [0.15, 0.2) is 10.8 Å². The number of thiazole rings is 1. The molecule has 2 unspecified atom stereocenters. The van der Waals surface area contributed by atoms with E-state index in [1.807, 2.05) is 19.1 Å². The molecule has 2 saturated heterocycles. The molecule has 128 valence electrons. The SMILES string of the molecule is Cc1sc(-c2ccco2)nc1C(=O)N1CCCC1C1CCCN1C. The molecule has 0 radical (unpaired) electrons. The fourth-order valence-corrected chi connectivity index (χ4v) is 4.98. The molecule has 6 heteroatoms. The van der Waals surface area contributed by atoms with Gasteiger partial charge in [-0.15, -0.1) is 11.3 Å². The van der Waals surface area contributed by atoms with Gasteiger partial charge >= 0.3 is 0 Å². The van der Waals surface area contributed by atoms with Crippen LogP contribution in [0.5, 0.6) is 0 Å². The monoisotopic (exact) mass is 345 g/mol. The van der Waals surface area contributed by atoms with Crippen LogP contribution in [0, 0.1) is 6.92 Å². The molecule has 4 heterocycles.